The molecule has 3 rings (SSSR count). The fraction of sp³-hybridized carbons (Fsp3) is 0.250. The second-order valence-electron chi connectivity index (χ2n) is 6.85. The zero-order valence-corrected chi connectivity index (χ0v) is 17.0. The molecule has 10 heteroatoms. The third kappa shape index (κ3) is 4.95. The lowest BCUT2D eigenvalue weighted by Gasteiger charge is -2.12. The van der Waals surface area contributed by atoms with Crippen LogP contribution in [0.5, 0.6) is 0 Å². The Hall–Kier alpha value is -3.40. The molecule has 1 aliphatic rings. The van der Waals surface area contributed by atoms with Gasteiger partial charge in [-0.2, -0.15) is 0 Å². The Kier molecular flexibility index (Phi) is 6.36. The summed E-state index contributed by atoms with van der Waals surface area (Å²) < 4.78 is 10.7. The number of benzene rings is 1. The van der Waals surface area contributed by atoms with Gasteiger partial charge < -0.3 is 9.15 Å². The van der Waals surface area contributed by atoms with Gasteiger partial charge in [0.2, 0.25) is 0 Å². The Balaban J connectivity index is 1.73. The lowest BCUT2D eigenvalue weighted by molar-refractivity contribution is -0.384. The summed E-state index contributed by atoms with van der Waals surface area (Å²) in [6.07, 6.45) is 1.39. The molecule has 0 bridgehead atoms. The van der Waals surface area contributed by atoms with Crippen molar-refractivity contribution in [3.8, 4) is 11.3 Å². The number of thioether (sulfide) groups is 1. The fourth-order valence-electron chi connectivity index (χ4n) is 2.56. The average Bonchev–Trinajstić information content (AvgIpc) is 3.27. The van der Waals surface area contributed by atoms with E-state index in [1.165, 1.54) is 18.2 Å². The van der Waals surface area contributed by atoms with Crippen LogP contribution in [0.25, 0.3) is 17.4 Å². The molecule has 9 nitrogen and oxygen atoms in total. The second kappa shape index (κ2) is 8.95. The maximum atomic E-state index is 12.5. The van der Waals surface area contributed by atoms with E-state index in [-0.39, 0.29) is 23.1 Å². The van der Waals surface area contributed by atoms with E-state index in [1.807, 2.05) is 13.8 Å². The van der Waals surface area contributed by atoms with Crippen LogP contribution < -0.4 is 0 Å². The minimum absolute atomic E-state index is 0.0732. The number of nitrogens with zero attached hydrogens (tertiary/aromatic N) is 2. The molecular formula is C20H18N2O7S. The molecule has 0 saturated carbocycles. The van der Waals surface area contributed by atoms with Crippen molar-refractivity contribution in [3.63, 3.8) is 0 Å². The molecule has 2 aromatic rings. The molecule has 0 unspecified atom stereocenters. The van der Waals surface area contributed by atoms with Gasteiger partial charge in [0.15, 0.2) is 0 Å². The smallest absolute Gasteiger partial charge is 0.326 e. The number of nitro groups is 1. The summed E-state index contributed by atoms with van der Waals surface area (Å²) in [5.74, 6) is -0.452. The molecule has 1 saturated heterocycles. The number of furan rings is 1. The van der Waals surface area contributed by atoms with Crippen LogP contribution in [-0.2, 0) is 14.3 Å². The number of carbonyl (C=O) groups excluding carboxylic acids is 3. The van der Waals surface area contributed by atoms with Crippen molar-refractivity contribution >= 4 is 40.6 Å². The highest BCUT2D eigenvalue weighted by molar-refractivity contribution is 8.18. The summed E-state index contributed by atoms with van der Waals surface area (Å²) in [6, 6.07) is 9.14. The van der Waals surface area contributed by atoms with Gasteiger partial charge in [-0.05, 0) is 29.8 Å². The van der Waals surface area contributed by atoms with Gasteiger partial charge in [0, 0.05) is 23.8 Å². The van der Waals surface area contributed by atoms with Crippen LogP contribution in [0, 0.1) is 16.0 Å². The summed E-state index contributed by atoms with van der Waals surface area (Å²) in [5, 5.41) is 10.4. The molecule has 0 N–H and O–H groups in total. The third-order valence-corrected chi connectivity index (χ3v) is 4.89. The van der Waals surface area contributed by atoms with Gasteiger partial charge in [0.25, 0.3) is 16.8 Å². The van der Waals surface area contributed by atoms with Crippen molar-refractivity contribution in [2.24, 2.45) is 5.92 Å². The van der Waals surface area contributed by atoms with Crippen LogP contribution in [0.2, 0.25) is 0 Å². The molecule has 0 aliphatic carbocycles. The molecule has 1 fully saturated rings. The molecule has 30 heavy (non-hydrogen) atoms. The number of nitro benzene ring substituents is 1. The van der Waals surface area contributed by atoms with E-state index in [1.54, 1.807) is 24.3 Å². The first-order chi connectivity index (χ1) is 14.2. The number of rotatable bonds is 7. The standard InChI is InChI=1S/C20H18N2O7S/c1-12(2)11-28-18(23)10-21-19(24)17(30-20(21)25)9-15-6-7-16(29-15)13-4-3-5-14(8-13)22(26)27/h3-9,12H,10-11H2,1-2H3/b17-9+. The highest BCUT2D eigenvalue weighted by atomic mass is 32.2. The molecule has 1 aromatic heterocycles. The molecule has 0 atom stereocenters. The van der Waals surface area contributed by atoms with Crippen LogP contribution in [0.3, 0.4) is 0 Å². The van der Waals surface area contributed by atoms with E-state index < -0.39 is 28.6 Å². The van der Waals surface area contributed by atoms with Crippen LogP contribution in [-0.4, -0.2) is 40.1 Å². The normalized spacial score (nSPS) is 15.3. The van der Waals surface area contributed by atoms with E-state index in [4.69, 9.17) is 9.15 Å². The first-order valence-corrected chi connectivity index (χ1v) is 9.82. The fourth-order valence-corrected chi connectivity index (χ4v) is 3.38. The Morgan fingerprint density at radius 1 is 1.30 bits per heavy atom. The SMILES string of the molecule is CC(C)COC(=O)CN1C(=O)S/C(=C/c2ccc(-c3cccc([N+](=O)[O-])c3)o2)C1=O. The van der Waals surface area contributed by atoms with E-state index >= 15 is 0 Å². The lowest BCUT2D eigenvalue weighted by atomic mass is 10.1. The molecule has 2 amide bonds. The van der Waals surface area contributed by atoms with E-state index in [0.717, 1.165) is 4.90 Å². The zero-order valence-electron chi connectivity index (χ0n) is 16.2. The van der Waals surface area contributed by atoms with E-state index in [0.29, 0.717) is 28.8 Å². The number of amides is 2. The first-order valence-electron chi connectivity index (χ1n) is 9.00. The minimum atomic E-state index is -0.654. The number of ether oxygens (including phenoxy) is 1. The summed E-state index contributed by atoms with van der Waals surface area (Å²) in [4.78, 5) is 47.8. The van der Waals surface area contributed by atoms with Gasteiger partial charge in [-0.25, -0.2) is 0 Å². The molecular weight excluding hydrogens is 412 g/mol. The lowest BCUT2D eigenvalue weighted by Crippen LogP contribution is -2.34. The highest BCUT2D eigenvalue weighted by Crippen LogP contribution is 2.33. The van der Waals surface area contributed by atoms with Crippen molar-refractivity contribution in [1.29, 1.82) is 0 Å². The number of esters is 1. The quantitative estimate of drug-likeness (QED) is 0.279. The number of imide groups is 1. The number of non-ortho nitro benzene ring substituents is 1. The van der Waals surface area contributed by atoms with Crippen molar-refractivity contribution in [1.82, 2.24) is 4.90 Å². The monoisotopic (exact) mass is 430 g/mol. The summed E-state index contributed by atoms with van der Waals surface area (Å²) >= 11 is 0.696. The molecule has 0 spiro atoms. The molecule has 2 heterocycles. The predicted octanol–water partition coefficient (Wildman–Crippen LogP) is 4.09. The molecule has 0 radical (unpaired) electrons. The van der Waals surface area contributed by atoms with Crippen LogP contribution in [0.1, 0.15) is 19.6 Å². The Morgan fingerprint density at radius 2 is 2.07 bits per heavy atom. The predicted molar refractivity (Wildman–Crippen MR) is 109 cm³/mol. The van der Waals surface area contributed by atoms with E-state index in [2.05, 4.69) is 0 Å². The summed E-state index contributed by atoms with van der Waals surface area (Å²) in [5.41, 5.74) is 0.431. The van der Waals surface area contributed by atoms with Crippen LogP contribution in [0.15, 0.2) is 45.7 Å². The number of hydrogen-bond acceptors (Lipinski definition) is 8. The van der Waals surface area contributed by atoms with Gasteiger partial charge in [-0.15, -0.1) is 0 Å². The maximum Gasteiger partial charge on any atom is 0.326 e. The van der Waals surface area contributed by atoms with Gasteiger partial charge >= 0.3 is 5.97 Å². The number of hydrogen-bond donors (Lipinski definition) is 0. The Bertz CT molecular complexity index is 1040. The minimum Gasteiger partial charge on any atom is -0.464 e. The van der Waals surface area contributed by atoms with Gasteiger partial charge in [0.05, 0.1) is 16.4 Å². The van der Waals surface area contributed by atoms with Gasteiger partial charge in [-0.3, -0.25) is 29.4 Å². The van der Waals surface area contributed by atoms with Crippen LogP contribution in [0.4, 0.5) is 10.5 Å². The zero-order chi connectivity index (χ0) is 21.8. The molecule has 156 valence electrons. The first kappa shape index (κ1) is 21.3. The third-order valence-electron chi connectivity index (χ3n) is 3.98. The second-order valence-corrected chi connectivity index (χ2v) is 7.85. The van der Waals surface area contributed by atoms with Crippen molar-refractivity contribution in [2.75, 3.05) is 13.2 Å². The van der Waals surface area contributed by atoms with Crippen LogP contribution >= 0.6 is 11.8 Å². The molecule has 1 aliphatic heterocycles. The van der Waals surface area contributed by atoms with Gasteiger partial charge in [-0.1, -0.05) is 26.0 Å². The molecule has 1 aromatic carbocycles. The average molecular weight is 430 g/mol. The summed E-state index contributed by atoms with van der Waals surface area (Å²) in [7, 11) is 0. The van der Waals surface area contributed by atoms with Crippen molar-refractivity contribution in [2.45, 2.75) is 13.8 Å². The summed E-state index contributed by atoms with van der Waals surface area (Å²) in [6.45, 7) is 3.51. The van der Waals surface area contributed by atoms with E-state index in [9.17, 15) is 24.5 Å². The topological polar surface area (TPSA) is 120 Å². The Labute approximate surface area is 175 Å². The Morgan fingerprint density at radius 3 is 2.77 bits per heavy atom. The van der Waals surface area contributed by atoms with Gasteiger partial charge in [0.1, 0.15) is 18.1 Å². The largest absolute Gasteiger partial charge is 0.464 e. The maximum absolute atomic E-state index is 12.5. The number of carbonyl (C=O) groups is 3. The van der Waals surface area contributed by atoms with Crippen molar-refractivity contribution in [3.05, 3.63) is 57.2 Å². The van der Waals surface area contributed by atoms with Crippen molar-refractivity contribution < 1.29 is 28.5 Å². The highest BCUT2D eigenvalue weighted by Gasteiger charge is 2.37.